The molecule has 3 N–H and O–H groups in total. The van der Waals surface area contributed by atoms with Gasteiger partial charge >= 0.3 is 0 Å². The van der Waals surface area contributed by atoms with Gasteiger partial charge in [-0.05, 0) is 58.2 Å². The Balaban J connectivity index is 2.15. The maximum atomic E-state index is 5.62. The van der Waals surface area contributed by atoms with Crippen LogP contribution in [0.25, 0.3) is 0 Å². The summed E-state index contributed by atoms with van der Waals surface area (Å²) >= 11 is 8.50. The average Bonchev–Trinajstić information content (AvgIpc) is 2.43. The van der Waals surface area contributed by atoms with Crippen LogP contribution in [-0.4, -0.2) is 4.99 Å². The van der Waals surface area contributed by atoms with Crippen molar-refractivity contribution in [3.05, 3.63) is 58.1 Å². The first-order chi connectivity index (χ1) is 9.60. The molecule has 0 amide bonds. The van der Waals surface area contributed by atoms with Gasteiger partial charge in [0.05, 0.1) is 5.69 Å². The van der Waals surface area contributed by atoms with Crippen LogP contribution in [0.1, 0.15) is 24.5 Å². The largest absolute Gasteiger partial charge is 0.389 e. The van der Waals surface area contributed by atoms with E-state index in [1.807, 2.05) is 18.2 Å². The van der Waals surface area contributed by atoms with Crippen LogP contribution >= 0.6 is 28.1 Å². The number of anilines is 2. The van der Waals surface area contributed by atoms with Crippen LogP contribution in [0.5, 0.6) is 0 Å². The Morgan fingerprint density at radius 3 is 2.45 bits per heavy atom. The van der Waals surface area contributed by atoms with Crippen LogP contribution in [-0.2, 0) is 6.42 Å². The van der Waals surface area contributed by atoms with Crippen molar-refractivity contribution >= 4 is 44.5 Å². The maximum absolute atomic E-state index is 5.62. The molecule has 0 heterocycles. The second-order valence-corrected chi connectivity index (χ2v) is 5.92. The Morgan fingerprint density at radius 1 is 1.20 bits per heavy atom. The lowest BCUT2D eigenvalue weighted by Gasteiger charge is -2.10. The maximum Gasteiger partial charge on any atom is 0.104 e. The normalized spacial score (nSPS) is 10.3. The van der Waals surface area contributed by atoms with E-state index in [9.17, 15) is 0 Å². The zero-order valence-electron chi connectivity index (χ0n) is 11.3. The minimum Gasteiger partial charge on any atom is -0.389 e. The summed E-state index contributed by atoms with van der Waals surface area (Å²) in [4.78, 5) is 0.404. The Labute approximate surface area is 133 Å². The number of hydrogen-bond acceptors (Lipinski definition) is 2. The first-order valence-corrected chi connectivity index (χ1v) is 7.75. The van der Waals surface area contributed by atoms with E-state index in [0.717, 1.165) is 27.8 Å². The molecule has 0 unspecified atom stereocenters. The van der Waals surface area contributed by atoms with Crippen molar-refractivity contribution in [1.29, 1.82) is 0 Å². The molecule has 0 spiro atoms. The van der Waals surface area contributed by atoms with Crippen molar-refractivity contribution in [2.24, 2.45) is 5.73 Å². The third-order valence-corrected chi connectivity index (χ3v) is 3.92. The molecule has 0 saturated carbocycles. The lowest BCUT2D eigenvalue weighted by Crippen LogP contribution is -2.09. The SMILES string of the molecule is CCCc1ccc(Nc2ccc(C(N)=S)cc2Br)cc1. The monoisotopic (exact) mass is 348 g/mol. The summed E-state index contributed by atoms with van der Waals surface area (Å²) < 4.78 is 0.945. The highest BCUT2D eigenvalue weighted by Crippen LogP contribution is 2.27. The zero-order valence-corrected chi connectivity index (χ0v) is 13.7. The quantitative estimate of drug-likeness (QED) is 0.763. The van der Waals surface area contributed by atoms with Gasteiger partial charge < -0.3 is 11.1 Å². The smallest absolute Gasteiger partial charge is 0.104 e. The fourth-order valence-electron chi connectivity index (χ4n) is 1.97. The van der Waals surface area contributed by atoms with Crippen molar-refractivity contribution < 1.29 is 0 Å². The molecule has 2 nitrogen and oxygen atoms in total. The Kier molecular flexibility index (Phi) is 5.15. The summed E-state index contributed by atoms with van der Waals surface area (Å²) in [6.45, 7) is 2.19. The van der Waals surface area contributed by atoms with Crippen LogP contribution < -0.4 is 11.1 Å². The number of aryl methyl sites for hydroxylation is 1. The van der Waals surface area contributed by atoms with Crippen molar-refractivity contribution in [1.82, 2.24) is 0 Å². The molecule has 0 aliphatic carbocycles. The van der Waals surface area contributed by atoms with Crippen LogP contribution in [0.2, 0.25) is 0 Å². The predicted molar refractivity (Wildman–Crippen MR) is 93.7 cm³/mol. The minimum absolute atomic E-state index is 0.404. The summed E-state index contributed by atoms with van der Waals surface area (Å²) in [5, 5.41) is 3.38. The van der Waals surface area contributed by atoms with Gasteiger partial charge in [-0.3, -0.25) is 0 Å². The highest BCUT2D eigenvalue weighted by Gasteiger charge is 2.04. The summed E-state index contributed by atoms with van der Waals surface area (Å²) in [5.41, 5.74) is 9.90. The number of nitrogens with two attached hydrogens (primary N) is 1. The third kappa shape index (κ3) is 3.81. The molecule has 2 aromatic carbocycles. The summed E-state index contributed by atoms with van der Waals surface area (Å²) in [6.07, 6.45) is 2.28. The molecule has 0 bridgehead atoms. The molecular weight excluding hydrogens is 332 g/mol. The van der Waals surface area contributed by atoms with Gasteiger partial charge in [-0.2, -0.15) is 0 Å². The fourth-order valence-corrected chi connectivity index (χ4v) is 2.57. The van der Waals surface area contributed by atoms with E-state index in [4.69, 9.17) is 18.0 Å². The fraction of sp³-hybridized carbons (Fsp3) is 0.188. The Bertz CT molecular complexity index is 608. The van der Waals surface area contributed by atoms with Gasteiger partial charge in [-0.1, -0.05) is 37.7 Å². The highest BCUT2D eigenvalue weighted by molar-refractivity contribution is 9.10. The molecule has 0 radical (unpaired) electrons. The van der Waals surface area contributed by atoms with Crippen LogP contribution in [0.15, 0.2) is 46.9 Å². The number of nitrogens with one attached hydrogen (secondary N) is 1. The third-order valence-electron chi connectivity index (χ3n) is 3.03. The average molecular weight is 349 g/mol. The molecule has 0 aliphatic rings. The summed E-state index contributed by atoms with van der Waals surface area (Å²) in [5.74, 6) is 0. The number of halogens is 1. The number of benzene rings is 2. The molecule has 0 fully saturated rings. The first-order valence-electron chi connectivity index (χ1n) is 6.55. The van der Waals surface area contributed by atoms with E-state index >= 15 is 0 Å². The molecule has 104 valence electrons. The molecule has 4 heteroatoms. The van der Waals surface area contributed by atoms with Crippen LogP contribution in [0, 0.1) is 0 Å². The molecule has 2 rings (SSSR count). The van der Waals surface area contributed by atoms with E-state index in [-0.39, 0.29) is 0 Å². The van der Waals surface area contributed by atoms with Gasteiger partial charge in [0.15, 0.2) is 0 Å². The number of thiocarbonyl (C=S) groups is 1. The first kappa shape index (κ1) is 15.0. The van der Waals surface area contributed by atoms with Gasteiger partial charge in [-0.15, -0.1) is 0 Å². The van der Waals surface area contributed by atoms with Gasteiger partial charge in [0, 0.05) is 15.7 Å². The van der Waals surface area contributed by atoms with E-state index < -0.39 is 0 Å². The van der Waals surface area contributed by atoms with E-state index in [1.165, 1.54) is 12.0 Å². The van der Waals surface area contributed by atoms with Crippen molar-refractivity contribution in [2.45, 2.75) is 19.8 Å². The minimum atomic E-state index is 0.404. The predicted octanol–water partition coefficient (Wildman–Crippen LogP) is 4.78. The van der Waals surface area contributed by atoms with Crippen LogP contribution in [0.3, 0.4) is 0 Å². The number of rotatable bonds is 5. The van der Waals surface area contributed by atoms with E-state index in [2.05, 4.69) is 52.4 Å². The molecular formula is C16H17BrN2S. The standard InChI is InChI=1S/C16H17BrN2S/c1-2-3-11-4-7-13(8-5-11)19-15-9-6-12(16(18)20)10-14(15)17/h4-10,19H,2-3H2,1H3,(H2,18,20). The summed E-state index contributed by atoms with van der Waals surface area (Å²) in [6, 6.07) is 14.3. The molecule has 0 aliphatic heterocycles. The molecule has 0 atom stereocenters. The van der Waals surface area contributed by atoms with Crippen molar-refractivity contribution in [3.8, 4) is 0 Å². The van der Waals surface area contributed by atoms with Gasteiger partial charge in [0.25, 0.3) is 0 Å². The zero-order chi connectivity index (χ0) is 14.5. The molecule has 0 saturated heterocycles. The molecule has 0 aromatic heterocycles. The molecule has 2 aromatic rings. The molecule has 20 heavy (non-hydrogen) atoms. The van der Waals surface area contributed by atoms with E-state index in [0.29, 0.717) is 4.99 Å². The van der Waals surface area contributed by atoms with Crippen molar-refractivity contribution in [2.75, 3.05) is 5.32 Å². The van der Waals surface area contributed by atoms with Crippen molar-refractivity contribution in [3.63, 3.8) is 0 Å². The summed E-state index contributed by atoms with van der Waals surface area (Å²) in [7, 11) is 0. The van der Waals surface area contributed by atoms with Crippen LogP contribution in [0.4, 0.5) is 11.4 Å². The lowest BCUT2D eigenvalue weighted by atomic mass is 10.1. The van der Waals surface area contributed by atoms with Gasteiger partial charge in [-0.25, -0.2) is 0 Å². The van der Waals surface area contributed by atoms with Gasteiger partial charge in [0.2, 0.25) is 0 Å². The lowest BCUT2D eigenvalue weighted by molar-refractivity contribution is 0.922. The Morgan fingerprint density at radius 2 is 1.90 bits per heavy atom. The van der Waals surface area contributed by atoms with E-state index in [1.54, 1.807) is 0 Å². The Hall–Kier alpha value is -1.39. The second-order valence-electron chi connectivity index (χ2n) is 4.63. The highest BCUT2D eigenvalue weighted by atomic mass is 79.9. The topological polar surface area (TPSA) is 38.0 Å². The van der Waals surface area contributed by atoms with Gasteiger partial charge in [0.1, 0.15) is 4.99 Å². The number of hydrogen-bond donors (Lipinski definition) is 2. The second kappa shape index (κ2) is 6.86.